The molecule has 0 bridgehead atoms. The van der Waals surface area contributed by atoms with Crippen molar-refractivity contribution in [3.05, 3.63) is 101 Å². The summed E-state index contributed by atoms with van der Waals surface area (Å²) in [6.45, 7) is 0. The van der Waals surface area contributed by atoms with Gasteiger partial charge in [0.25, 0.3) is 5.91 Å². The summed E-state index contributed by atoms with van der Waals surface area (Å²) in [5.41, 5.74) is 3.60. The van der Waals surface area contributed by atoms with E-state index in [2.05, 4.69) is 10.5 Å². The third-order valence-electron chi connectivity index (χ3n) is 4.11. The zero-order chi connectivity index (χ0) is 22.1. The molecule has 31 heavy (non-hydrogen) atoms. The molecule has 3 rings (SSSR count). The summed E-state index contributed by atoms with van der Waals surface area (Å²) in [6.07, 6.45) is 4.33. The molecule has 0 fully saturated rings. The Labute approximate surface area is 178 Å². The molecule has 0 saturated heterocycles. The van der Waals surface area contributed by atoms with Gasteiger partial charge in [0, 0.05) is 6.08 Å². The van der Waals surface area contributed by atoms with Crippen molar-refractivity contribution < 1.29 is 23.5 Å². The predicted molar refractivity (Wildman–Crippen MR) is 116 cm³/mol. The minimum Gasteiger partial charge on any atom is -0.493 e. The fraction of sp³-hybridized carbons (Fsp3) is 0.0417. The van der Waals surface area contributed by atoms with Crippen LogP contribution in [0.3, 0.4) is 0 Å². The second-order valence-electron chi connectivity index (χ2n) is 6.25. The van der Waals surface area contributed by atoms with E-state index in [1.807, 2.05) is 30.3 Å². The molecule has 7 heteroatoms. The van der Waals surface area contributed by atoms with Crippen LogP contribution in [-0.4, -0.2) is 25.2 Å². The summed E-state index contributed by atoms with van der Waals surface area (Å²) in [7, 11) is 1.44. The van der Waals surface area contributed by atoms with E-state index >= 15 is 0 Å². The summed E-state index contributed by atoms with van der Waals surface area (Å²) in [4.78, 5) is 24.0. The number of esters is 1. The Morgan fingerprint density at radius 3 is 2.42 bits per heavy atom. The molecule has 0 radical (unpaired) electrons. The molecule has 1 amide bonds. The lowest BCUT2D eigenvalue weighted by Gasteiger charge is -2.08. The van der Waals surface area contributed by atoms with Crippen molar-refractivity contribution in [2.75, 3.05) is 7.11 Å². The van der Waals surface area contributed by atoms with Gasteiger partial charge in [0.15, 0.2) is 11.5 Å². The van der Waals surface area contributed by atoms with Gasteiger partial charge in [0.1, 0.15) is 5.82 Å². The third kappa shape index (κ3) is 6.11. The minimum absolute atomic E-state index is 0.108. The highest BCUT2D eigenvalue weighted by Gasteiger charge is 2.10. The lowest BCUT2D eigenvalue weighted by Crippen LogP contribution is -2.18. The topological polar surface area (TPSA) is 77.0 Å². The zero-order valence-corrected chi connectivity index (χ0v) is 16.6. The van der Waals surface area contributed by atoms with Crippen LogP contribution in [0, 0.1) is 5.82 Å². The van der Waals surface area contributed by atoms with Gasteiger partial charge in [-0.1, -0.05) is 42.5 Å². The minimum atomic E-state index is -0.669. The van der Waals surface area contributed by atoms with Crippen LogP contribution >= 0.6 is 0 Å². The molecule has 3 aromatic rings. The number of hydrogen-bond donors (Lipinski definition) is 1. The maximum atomic E-state index is 13.6. The third-order valence-corrected chi connectivity index (χ3v) is 4.11. The number of carbonyl (C=O) groups is 2. The van der Waals surface area contributed by atoms with E-state index in [0.717, 1.165) is 5.56 Å². The van der Waals surface area contributed by atoms with Crippen molar-refractivity contribution in [1.29, 1.82) is 0 Å². The van der Waals surface area contributed by atoms with Crippen LogP contribution in [0.1, 0.15) is 21.5 Å². The molecule has 0 saturated carbocycles. The first-order valence-electron chi connectivity index (χ1n) is 9.28. The van der Waals surface area contributed by atoms with Gasteiger partial charge >= 0.3 is 5.97 Å². The highest BCUT2D eigenvalue weighted by Crippen LogP contribution is 2.27. The van der Waals surface area contributed by atoms with Crippen LogP contribution < -0.4 is 14.9 Å². The van der Waals surface area contributed by atoms with Crippen LogP contribution in [0.2, 0.25) is 0 Å². The molecule has 156 valence electrons. The maximum Gasteiger partial charge on any atom is 0.336 e. The summed E-state index contributed by atoms with van der Waals surface area (Å²) >= 11 is 0. The molecular weight excluding hydrogens is 399 g/mol. The smallest absolute Gasteiger partial charge is 0.336 e. The standard InChI is InChI=1S/C24H19FN2O4/c1-30-22-15-18(16-26-27-24(29)19-9-5-6-10-20(19)25)11-13-21(22)31-23(28)14-12-17-7-3-2-4-8-17/h2-16H,1H3,(H,27,29)/b14-12+,26-16-. The molecule has 0 aliphatic heterocycles. The van der Waals surface area contributed by atoms with Gasteiger partial charge in [-0.15, -0.1) is 0 Å². The van der Waals surface area contributed by atoms with E-state index < -0.39 is 17.7 Å². The Morgan fingerprint density at radius 1 is 0.935 bits per heavy atom. The first-order valence-corrected chi connectivity index (χ1v) is 9.28. The molecule has 0 aromatic heterocycles. The van der Waals surface area contributed by atoms with Gasteiger partial charge in [-0.25, -0.2) is 14.6 Å². The molecule has 0 atom stereocenters. The van der Waals surface area contributed by atoms with Crippen molar-refractivity contribution in [3.8, 4) is 11.5 Å². The van der Waals surface area contributed by atoms with Gasteiger partial charge in [0.05, 0.1) is 18.9 Å². The van der Waals surface area contributed by atoms with Crippen molar-refractivity contribution in [1.82, 2.24) is 5.43 Å². The molecule has 1 N–H and O–H groups in total. The Kier molecular flexibility index (Phi) is 7.26. The van der Waals surface area contributed by atoms with Gasteiger partial charge in [-0.3, -0.25) is 4.79 Å². The Balaban J connectivity index is 1.63. The summed E-state index contributed by atoms with van der Waals surface area (Å²) in [5, 5.41) is 3.82. The molecular formula is C24H19FN2O4. The number of halogens is 1. The number of benzene rings is 3. The number of hydrazone groups is 1. The van der Waals surface area contributed by atoms with Crippen molar-refractivity contribution in [2.24, 2.45) is 5.10 Å². The van der Waals surface area contributed by atoms with Gasteiger partial charge in [0.2, 0.25) is 0 Å². The molecule has 0 spiro atoms. The number of ether oxygens (including phenoxy) is 2. The molecule has 0 unspecified atom stereocenters. The van der Waals surface area contributed by atoms with Crippen LogP contribution in [0.15, 0.2) is 84.0 Å². The average Bonchev–Trinajstić information content (AvgIpc) is 2.79. The molecule has 0 aliphatic rings. The van der Waals surface area contributed by atoms with Gasteiger partial charge < -0.3 is 9.47 Å². The van der Waals surface area contributed by atoms with Crippen LogP contribution in [0.25, 0.3) is 6.08 Å². The van der Waals surface area contributed by atoms with E-state index in [-0.39, 0.29) is 11.3 Å². The number of nitrogens with one attached hydrogen (secondary N) is 1. The summed E-state index contributed by atoms with van der Waals surface area (Å²) in [6, 6.07) is 19.7. The fourth-order valence-electron chi connectivity index (χ4n) is 2.59. The van der Waals surface area contributed by atoms with Crippen LogP contribution in [0.4, 0.5) is 4.39 Å². The number of rotatable bonds is 7. The van der Waals surface area contributed by atoms with E-state index in [9.17, 15) is 14.0 Å². The molecule has 3 aromatic carbocycles. The number of methoxy groups -OCH3 is 1. The Bertz CT molecular complexity index is 1130. The average molecular weight is 418 g/mol. The number of amides is 1. The van der Waals surface area contributed by atoms with E-state index in [0.29, 0.717) is 11.3 Å². The van der Waals surface area contributed by atoms with E-state index in [4.69, 9.17) is 9.47 Å². The number of hydrogen-bond acceptors (Lipinski definition) is 5. The van der Waals surface area contributed by atoms with E-state index in [1.54, 1.807) is 30.3 Å². The second kappa shape index (κ2) is 10.5. The van der Waals surface area contributed by atoms with Crippen molar-refractivity contribution in [2.45, 2.75) is 0 Å². The summed E-state index contributed by atoms with van der Waals surface area (Å²) in [5.74, 6) is -1.31. The SMILES string of the molecule is COc1cc(/C=N\NC(=O)c2ccccc2F)ccc1OC(=O)/C=C/c1ccccc1. The first kappa shape index (κ1) is 21.4. The van der Waals surface area contributed by atoms with Gasteiger partial charge in [-0.05, 0) is 47.5 Å². The lowest BCUT2D eigenvalue weighted by atomic mass is 10.2. The molecule has 0 aliphatic carbocycles. The zero-order valence-electron chi connectivity index (χ0n) is 16.6. The van der Waals surface area contributed by atoms with Crippen LogP contribution in [-0.2, 0) is 4.79 Å². The highest BCUT2D eigenvalue weighted by atomic mass is 19.1. The second-order valence-corrected chi connectivity index (χ2v) is 6.25. The quantitative estimate of drug-likeness (QED) is 0.205. The monoisotopic (exact) mass is 418 g/mol. The molecule has 6 nitrogen and oxygen atoms in total. The highest BCUT2D eigenvalue weighted by molar-refractivity contribution is 5.95. The fourth-order valence-corrected chi connectivity index (χ4v) is 2.59. The Morgan fingerprint density at radius 2 is 1.68 bits per heavy atom. The predicted octanol–water partition coefficient (Wildman–Crippen LogP) is 4.22. The maximum absolute atomic E-state index is 13.6. The number of nitrogens with zero attached hydrogens (tertiary/aromatic N) is 1. The van der Waals surface area contributed by atoms with Crippen molar-refractivity contribution in [3.63, 3.8) is 0 Å². The molecule has 0 heterocycles. The van der Waals surface area contributed by atoms with Crippen LogP contribution in [0.5, 0.6) is 11.5 Å². The largest absolute Gasteiger partial charge is 0.493 e. The first-order chi connectivity index (χ1) is 15.1. The van der Waals surface area contributed by atoms with Crippen molar-refractivity contribution >= 4 is 24.2 Å². The summed E-state index contributed by atoms with van der Waals surface area (Å²) < 4.78 is 24.2. The Hall–Kier alpha value is -4.26. The van der Waals surface area contributed by atoms with E-state index in [1.165, 1.54) is 37.6 Å². The normalized spacial score (nSPS) is 10.9. The van der Waals surface area contributed by atoms with Gasteiger partial charge in [-0.2, -0.15) is 5.10 Å². The lowest BCUT2D eigenvalue weighted by molar-refractivity contribution is -0.129. The number of carbonyl (C=O) groups excluding carboxylic acids is 2.